The quantitative estimate of drug-likeness (QED) is 0.731. The van der Waals surface area contributed by atoms with Crippen LogP contribution < -0.4 is 5.32 Å². The number of rotatable bonds is 2. The highest BCUT2D eigenvalue weighted by Gasteiger charge is 2.59. The molecule has 15 heavy (non-hydrogen) atoms. The van der Waals surface area contributed by atoms with E-state index in [-0.39, 0.29) is 12.8 Å². The third-order valence-corrected chi connectivity index (χ3v) is 2.17. The van der Waals surface area contributed by atoms with Crippen molar-refractivity contribution >= 4 is 13.1 Å². The summed E-state index contributed by atoms with van der Waals surface area (Å²) < 4.78 is 42.2. The molecular weight excluding hydrogens is 210 g/mol. The molecule has 0 aromatic carbocycles. The molecule has 1 aliphatic carbocycles. The first-order chi connectivity index (χ1) is 6.56. The van der Waals surface area contributed by atoms with Crippen molar-refractivity contribution in [2.45, 2.75) is 44.7 Å². The van der Waals surface area contributed by atoms with Crippen molar-refractivity contribution in [1.29, 1.82) is 0 Å². The van der Waals surface area contributed by atoms with Crippen molar-refractivity contribution in [1.82, 2.24) is 5.32 Å². The Bertz CT molecular complexity index is 268. The molecule has 1 rings (SSSR count). The minimum absolute atomic E-state index is 0.0459. The van der Waals surface area contributed by atoms with Gasteiger partial charge in [0.15, 0.2) is 0 Å². The van der Waals surface area contributed by atoms with Gasteiger partial charge in [-0.1, -0.05) is 12.8 Å². The lowest BCUT2D eigenvalue weighted by molar-refractivity contribution is 0.0504. The summed E-state index contributed by atoms with van der Waals surface area (Å²) in [4.78, 5) is 11.1. The summed E-state index contributed by atoms with van der Waals surface area (Å²) in [6.07, 6.45) is -1.09. The molecule has 0 bridgehead atoms. The molecule has 1 N–H and O–H groups in total. The number of hydrogen-bond donors (Lipinski definition) is 1. The summed E-state index contributed by atoms with van der Waals surface area (Å²) in [6, 6.07) is 0. The highest BCUT2D eigenvalue weighted by Crippen LogP contribution is 2.45. The highest BCUT2D eigenvalue weighted by molar-refractivity contribution is 6.63. The van der Waals surface area contributed by atoms with E-state index >= 15 is 0 Å². The van der Waals surface area contributed by atoms with Gasteiger partial charge in [-0.15, -0.1) is 0 Å². The molecule has 7 heteroatoms. The van der Waals surface area contributed by atoms with E-state index in [1.165, 1.54) is 0 Å². The molecule has 0 atom stereocenters. The highest BCUT2D eigenvalue weighted by atomic mass is 19.4. The standard InChI is InChI=1S/C8H14BF3NO2/c1-7(2,3)15-6(14)13-8(4-5-8)9(10,11)12/h4-5H2,1-3H3,(H,13,14)/q-1. The van der Waals surface area contributed by atoms with Crippen LogP contribution in [0.4, 0.5) is 17.7 Å². The van der Waals surface area contributed by atoms with Gasteiger partial charge in [0.1, 0.15) is 5.60 Å². The Kier molecular flexibility index (Phi) is 2.70. The van der Waals surface area contributed by atoms with Crippen LogP contribution in [-0.4, -0.2) is 24.1 Å². The van der Waals surface area contributed by atoms with Crippen LogP contribution >= 0.6 is 0 Å². The maximum Gasteiger partial charge on any atom is 0.503 e. The maximum atomic E-state index is 12.5. The Morgan fingerprint density at radius 1 is 1.33 bits per heavy atom. The van der Waals surface area contributed by atoms with Crippen molar-refractivity contribution in [3.05, 3.63) is 0 Å². The molecular formula is C8H14BF3NO2-. The monoisotopic (exact) mass is 224 g/mol. The first-order valence-corrected chi connectivity index (χ1v) is 4.76. The Hall–Kier alpha value is -0.875. The smallest absolute Gasteiger partial charge is 0.447 e. The van der Waals surface area contributed by atoms with Gasteiger partial charge in [-0.25, -0.2) is 4.79 Å². The second-order valence-corrected chi connectivity index (χ2v) is 4.86. The summed E-state index contributed by atoms with van der Waals surface area (Å²) in [5, 5.41) is 1.91. The zero-order valence-electron chi connectivity index (χ0n) is 8.94. The number of hydrogen-bond acceptors (Lipinski definition) is 2. The predicted molar refractivity (Wildman–Crippen MR) is 50.4 cm³/mol. The van der Waals surface area contributed by atoms with E-state index in [0.717, 1.165) is 0 Å². The van der Waals surface area contributed by atoms with Gasteiger partial charge >= 0.3 is 13.1 Å². The Morgan fingerprint density at radius 3 is 2.07 bits per heavy atom. The molecule has 1 amide bonds. The van der Waals surface area contributed by atoms with Crippen LogP contribution in [0.15, 0.2) is 0 Å². The number of nitrogens with one attached hydrogen (secondary N) is 1. The molecule has 1 fully saturated rings. The van der Waals surface area contributed by atoms with Gasteiger partial charge in [-0.05, 0) is 20.8 Å². The van der Waals surface area contributed by atoms with Gasteiger partial charge in [0.05, 0.1) is 0 Å². The Morgan fingerprint density at radius 2 is 1.80 bits per heavy atom. The summed E-state index contributed by atoms with van der Waals surface area (Å²) in [5.41, 5.74) is -2.76. The molecule has 0 spiro atoms. The lowest BCUT2D eigenvalue weighted by Gasteiger charge is -2.29. The molecule has 0 aliphatic heterocycles. The summed E-state index contributed by atoms with van der Waals surface area (Å²) in [6.45, 7) is -0.234. The zero-order chi connectivity index (χ0) is 11.9. The van der Waals surface area contributed by atoms with Crippen molar-refractivity contribution in [2.75, 3.05) is 0 Å². The third-order valence-electron chi connectivity index (χ3n) is 2.17. The normalized spacial score (nSPS) is 19.6. The molecule has 0 saturated heterocycles. The summed E-state index contributed by atoms with van der Waals surface area (Å²) >= 11 is 0. The molecule has 1 saturated carbocycles. The van der Waals surface area contributed by atoms with E-state index in [0.29, 0.717) is 0 Å². The summed E-state index contributed by atoms with van der Waals surface area (Å²) in [7, 11) is 0. The second-order valence-electron chi connectivity index (χ2n) is 4.86. The lowest BCUT2D eigenvalue weighted by Crippen LogP contribution is -2.52. The Balaban J connectivity index is 2.53. The first-order valence-electron chi connectivity index (χ1n) is 4.76. The number of carbonyl (C=O) groups excluding carboxylic acids is 1. The van der Waals surface area contributed by atoms with Crippen LogP contribution in [-0.2, 0) is 4.74 Å². The molecule has 0 aromatic rings. The van der Waals surface area contributed by atoms with E-state index in [1.807, 2.05) is 5.32 Å². The van der Waals surface area contributed by atoms with Gasteiger partial charge in [0, 0.05) is 5.44 Å². The van der Waals surface area contributed by atoms with Crippen LogP contribution in [0.25, 0.3) is 0 Å². The molecule has 0 heterocycles. The minimum atomic E-state index is -5.04. The number of ether oxygens (including phenoxy) is 1. The molecule has 1 aliphatic rings. The molecule has 88 valence electrons. The number of alkyl carbamates (subject to hydrolysis) is 1. The van der Waals surface area contributed by atoms with Crippen LogP contribution in [0.1, 0.15) is 33.6 Å². The van der Waals surface area contributed by atoms with Crippen LogP contribution in [0.3, 0.4) is 0 Å². The van der Waals surface area contributed by atoms with Crippen molar-refractivity contribution in [3.63, 3.8) is 0 Å². The predicted octanol–water partition coefficient (Wildman–Crippen LogP) is 2.43. The average Bonchev–Trinajstić information content (AvgIpc) is 2.61. The van der Waals surface area contributed by atoms with Gasteiger partial charge in [-0.2, -0.15) is 0 Å². The zero-order valence-corrected chi connectivity index (χ0v) is 8.94. The molecule has 0 aromatic heterocycles. The largest absolute Gasteiger partial charge is 0.503 e. The van der Waals surface area contributed by atoms with E-state index in [2.05, 4.69) is 0 Å². The third kappa shape index (κ3) is 3.04. The van der Waals surface area contributed by atoms with Gasteiger partial charge in [0.25, 0.3) is 0 Å². The minimum Gasteiger partial charge on any atom is -0.447 e. The van der Waals surface area contributed by atoms with E-state index in [1.54, 1.807) is 20.8 Å². The fraction of sp³-hybridized carbons (Fsp3) is 0.875. The molecule has 3 nitrogen and oxygen atoms in total. The van der Waals surface area contributed by atoms with Crippen molar-refractivity contribution in [3.8, 4) is 0 Å². The van der Waals surface area contributed by atoms with Gasteiger partial charge in [0.2, 0.25) is 0 Å². The van der Waals surface area contributed by atoms with Crippen molar-refractivity contribution < 1.29 is 22.5 Å². The van der Waals surface area contributed by atoms with Crippen LogP contribution in [0.2, 0.25) is 0 Å². The Labute approximate surface area is 86.4 Å². The van der Waals surface area contributed by atoms with E-state index in [4.69, 9.17) is 4.74 Å². The van der Waals surface area contributed by atoms with E-state index < -0.39 is 24.1 Å². The summed E-state index contributed by atoms with van der Waals surface area (Å²) in [5.74, 6) is 0. The van der Waals surface area contributed by atoms with Gasteiger partial charge in [-0.3, -0.25) is 0 Å². The number of halogens is 3. The lowest BCUT2D eigenvalue weighted by atomic mass is 9.76. The second kappa shape index (κ2) is 3.32. The van der Waals surface area contributed by atoms with Crippen molar-refractivity contribution in [2.24, 2.45) is 0 Å². The van der Waals surface area contributed by atoms with Gasteiger partial charge < -0.3 is 23.0 Å². The number of carbonyl (C=O) groups is 1. The first kappa shape index (κ1) is 12.2. The SMILES string of the molecule is CC(C)(C)OC(=O)NC1([B-](F)(F)F)CC1. The fourth-order valence-corrected chi connectivity index (χ4v) is 1.18. The maximum absolute atomic E-state index is 12.5. The van der Waals surface area contributed by atoms with E-state index in [9.17, 15) is 17.7 Å². The average molecular weight is 224 g/mol. The number of amides is 1. The molecule has 0 unspecified atom stereocenters. The topological polar surface area (TPSA) is 38.3 Å². The molecule has 0 radical (unpaired) electrons. The van der Waals surface area contributed by atoms with Crippen LogP contribution in [0, 0.1) is 0 Å². The fourth-order valence-electron chi connectivity index (χ4n) is 1.18. The van der Waals surface area contributed by atoms with Crippen LogP contribution in [0.5, 0.6) is 0 Å².